The number of aliphatic hydroxyl groups is 1. The molecule has 0 saturated carbocycles. The minimum absolute atomic E-state index is 0.0117. The number of nitrogens with zero attached hydrogens (tertiary/aromatic N) is 1. The van der Waals surface area contributed by atoms with Crippen molar-refractivity contribution in [3.63, 3.8) is 0 Å². The number of aliphatic hydroxyl groups excluding tert-OH is 1. The zero-order valence-electron chi connectivity index (χ0n) is 31.2. The Bertz CT molecular complexity index is 970. The van der Waals surface area contributed by atoms with Gasteiger partial charge >= 0.3 is 0 Å². The molecule has 0 aromatic rings. The van der Waals surface area contributed by atoms with Crippen molar-refractivity contribution in [2.24, 2.45) is 0 Å². The molecule has 8 nitrogen and oxygen atoms in total. The SMILES string of the molecule is CC/C=C\C/C=C\C/C=C\CCCCCCCCCC(=O)NC(COP(=O)([O-])OCC[N+](C)(C)C)C(O)/C=C/CC/C=C/CCCCC. The summed E-state index contributed by atoms with van der Waals surface area (Å²) in [6.07, 6.45) is 38.4. The molecule has 0 heterocycles. The number of carbonyl (C=O) groups excluding carboxylic acids is 1. The van der Waals surface area contributed by atoms with Crippen LogP contribution >= 0.6 is 7.82 Å². The standard InChI is InChI=1S/C39H71N2O6P/c1-6-8-10-12-14-16-17-18-19-20-21-22-23-25-27-29-31-33-39(43)40-37(36-47-48(44,45)46-35-34-41(3,4)5)38(42)32-30-28-26-24-15-13-11-9-7-2/h8,10,14-16,18-19,24,30,32,37-38,42H,6-7,9,11-13,17,20-23,25-29,31,33-36H2,1-5H3,(H-,40,43,44,45)/b10-8-,16-14-,19-18-,24-15+,32-30+. The van der Waals surface area contributed by atoms with E-state index >= 15 is 0 Å². The topological polar surface area (TPSA) is 108 Å². The van der Waals surface area contributed by atoms with Crippen LogP contribution < -0.4 is 10.2 Å². The lowest BCUT2D eigenvalue weighted by molar-refractivity contribution is -0.870. The number of phosphoric acid groups is 1. The van der Waals surface area contributed by atoms with Gasteiger partial charge in [-0.1, -0.05) is 120 Å². The predicted molar refractivity (Wildman–Crippen MR) is 201 cm³/mol. The number of unbranched alkanes of at least 4 members (excludes halogenated alkanes) is 11. The van der Waals surface area contributed by atoms with Gasteiger partial charge in [0.15, 0.2) is 0 Å². The van der Waals surface area contributed by atoms with Gasteiger partial charge in [-0.05, 0) is 64.2 Å². The molecule has 3 unspecified atom stereocenters. The van der Waals surface area contributed by atoms with E-state index in [-0.39, 0.29) is 12.5 Å². The molecule has 0 aliphatic carbocycles. The first-order valence-electron chi connectivity index (χ1n) is 18.7. The Morgan fingerprint density at radius 2 is 1.29 bits per heavy atom. The van der Waals surface area contributed by atoms with Crippen LogP contribution in [0.3, 0.4) is 0 Å². The quantitative estimate of drug-likeness (QED) is 0.0315. The Hall–Kier alpha value is -1.80. The molecule has 0 bridgehead atoms. The van der Waals surface area contributed by atoms with Crippen LogP contribution in [0.4, 0.5) is 0 Å². The van der Waals surface area contributed by atoms with Crippen LogP contribution in [0.5, 0.6) is 0 Å². The summed E-state index contributed by atoms with van der Waals surface area (Å²) in [5, 5.41) is 13.6. The summed E-state index contributed by atoms with van der Waals surface area (Å²) in [6, 6.07) is -0.907. The van der Waals surface area contributed by atoms with Crippen LogP contribution in [0.2, 0.25) is 0 Å². The van der Waals surface area contributed by atoms with Crippen molar-refractivity contribution in [3.05, 3.63) is 60.8 Å². The second kappa shape index (κ2) is 31.2. The molecular weight excluding hydrogens is 623 g/mol. The summed E-state index contributed by atoms with van der Waals surface area (Å²) in [4.78, 5) is 25.1. The van der Waals surface area contributed by atoms with E-state index in [0.717, 1.165) is 70.6 Å². The average Bonchev–Trinajstić information content (AvgIpc) is 3.02. The van der Waals surface area contributed by atoms with Gasteiger partial charge in [-0.15, -0.1) is 0 Å². The zero-order valence-corrected chi connectivity index (χ0v) is 32.1. The van der Waals surface area contributed by atoms with E-state index in [1.807, 2.05) is 27.2 Å². The van der Waals surface area contributed by atoms with Gasteiger partial charge in [0.25, 0.3) is 7.82 Å². The van der Waals surface area contributed by atoms with E-state index in [9.17, 15) is 19.4 Å². The van der Waals surface area contributed by atoms with Crippen molar-refractivity contribution < 1.29 is 32.9 Å². The van der Waals surface area contributed by atoms with Gasteiger partial charge in [-0.25, -0.2) is 0 Å². The smallest absolute Gasteiger partial charge is 0.268 e. The summed E-state index contributed by atoms with van der Waals surface area (Å²) < 4.78 is 23.0. The van der Waals surface area contributed by atoms with Gasteiger partial charge in [-0.2, -0.15) is 0 Å². The lowest BCUT2D eigenvalue weighted by atomic mass is 10.1. The minimum Gasteiger partial charge on any atom is -0.756 e. The van der Waals surface area contributed by atoms with Crippen LogP contribution in [0.15, 0.2) is 60.8 Å². The summed E-state index contributed by atoms with van der Waals surface area (Å²) in [7, 11) is 1.22. The highest BCUT2D eigenvalue weighted by molar-refractivity contribution is 7.45. The van der Waals surface area contributed by atoms with Crippen LogP contribution in [0, 0.1) is 0 Å². The van der Waals surface area contributed by atoms with Gasteiger partial charge in [0.2, 0.25) is 5.91 Å². The number of allylic oxidation sites excluding steroid dienone is 9. The van der Waals surface area contributed by atoms with E-state index in [4.69, 9.17) is 9.05 Å². The van der Waals surface area contributed by atoms with Gasteiger partial charge in [0, 0.05) is 6.42 Å². The molecule has 0 aliphatic rings. The second-order valence-corrected chi connectivity index (χ2v) is 14.9. The van der Waals surface area contributed by atoms with Gasteiger partial charge in [-0.3, -0.25) is 9.36 Å². The highest BCUT2D eigenvalue weighted by atomic mass is 31.2. The third kappa shape index (κ3) is 32.7. The van der Waals surface area contributed by atoms with Crippen molar-refractivity contribution >= 4 is 13.7 Å². The number of nitrogens with one attached hydrogen (secondary N) is 1. The second-order valence-electron chi connectivity index (χ2n) is 13.5. The van der Waals surface area contributed by atoms with E-state index in [0.29, 0.717) is 17.4 Å². The number of amides is 1. The first kappa shape index (κ1) is 46.2. The summed E-state index contributed by atoms with van der Waals surface area (Å²) in [6.45, 7) is 4.41. The maximum atomic E-state index is 12.7. The number of quaternary nitrogens is 1. The molecule has 278 valence electrons. The lowest BCUT2D eigenvalue weighted by Gasteiger charge is -2.29. The van der Waals surface area contributed by atoms with Crippen LogP contribution in [-0.2, 0) is 18.4 Å². The van der Waals surface area contributed by atoms with Crippen LogP contribution in [-0.4, -0.2) is 68.5 Å². The van der Waals surface area contributed by atoms with Crippen molar-refractivity contribution in [3.8, 4) is 0 Å². The predicted octanol–water partition coefficient (Wildman–Crippen LogP) is 8.88. The Morgan fingerprint density at radius 1 is 0.750 bits per heavy atom. The fourth-order valence-electron chi connectivity index (χ4n) is 4.71. The molecule has 0 spiro atoms. The molecule has 2 N–H and O–H groups in total. The van der Waals surface area contributed by atoms with E-state index in [1.54, 1.807) is 6.08 Å². The molecule has 0 aromatic carbocycles. The lowest BCUT2D eigenvalue weighted by Crippen LogP contribution is -2.45. The molecule has 0 aliphatic heterocycles. The number of rotatable bonds is 32. The van der Waals surface area contributed by atoms with Gasteiger partial charge < -0.3 is 28.8 Å². The van der Waals surface area contributed by atoms with Crippen molar-refractivity contribution in [1.29, 1.82) is 0 Å². The van der Waals surface area contributed by atoms with E-state index in [1.165, 1.54) is 38.5 Å². The third-order valence-corrected chi connectivity index (χ3v) is 8.68. The van der Waals surface area contributed by atoms with E-state index in [2.05, 4.69) is 67.8 Å². The molecule has 1 amide bonds. The molecule has 0 saturated heterocycles. The molecule has 0 aromatic heterocycles. The fourth-order valence-corrected chi connectivity index (χ4v) is 5.43. The molecule has 3 atom stereocenters. The first-order chi connectivity index (χ1) is 23.0. The zero-order chi connectivity index (χ0) is 35.8. The van der Waals surface area contributed by atoms with Crippen molar-refractivity contribution in [1.82, 2.24) is 5.32 Å². The van der Waals surface area contributed by atoms with Crippen LogP contribution in [0.25, 0.3) is 0 Å². The minimum atomic E-state index is -4.59. The molecule has 0 fully saturated rings. The van der Waals surface area contributed by atoms with Crippen molar-refractivity contribution in [2.45, 2.75) is 142 Å². The summed E-state index contributed by atoms with van der Waals surface area (Å²) in [5.74, 6) is -0.225. The number of hydrogen-bond acceptors (Lipinski definition) is 6. The van der Waals surface area contributed by atoms with Crippen molar-refractivity contribution in [2.75, 3.05) is 40.9 Å². The van der Waals surface area contributed by atoms with Gasteiger partial charge in [0.1, 0.15) is 13.2 Å². The molecular formula is C39H71N2O6P. The maximum absolute atomic E-state index is 12.7. The first-order valence-corrected chi connectivity index (χ1v) is 20.1. The monoisotopic (exact) mass is 695 g/mol. The number of phosphoric ester groups is 1. The third-order valence-electron chi connectivity index (χ3n) is 7.71. The van der Waals surface area contributed by atoms with Crippen LogP contribution in [0.1, 0.15) is 129 Å². The van der Waals surface area contributed by atoms with Gasteiger partial charge in [0.05, 0.1) is 39.9 Å². The molecule has 0 radical (unpaired) electrons. The average molecular weight is 695 g/mol. The summed E-state index contributed by atoms with van der Waals surface area (Å²) >= 11 is 0. The largest absolute Gasteiger partial charge is 0.756 e. The number of carbonyl (C=O) groups is 1. The van der Waals surface area contributed by atoms with E-state index < -0.39 is 26.6 Å². The Morgan fingerprint density at radius 3 is 1.94 bits per heavy atom. The maximum Gasteiger partial charge on any atom is 0.268 e. The number of likely N-dealkylation sites (N-methyl/N-ethyl adjacent to an activating group) is 1. The normalized spacial score (nSPS) is 15.4. The highest BCUT2D eigenvalue weighted by Gasteiger charge is 2.23. The molecule has 48 heavy (non-hydrogen) atoms. The number of hydrogen-bond donors (Lipinski definition) is 2. The Balaban J connectivity index is 4.51. The molecule has 9 heteroatoms. The molecule has 0 rings (SSSR count). The fraction of sp³-hybridized carbons (Fsp3) is 0.718. The highest BCUT2D eigenvalue weighted by Crippen LogP contribution is 2.38. The Labute approximate surface area is 294 Å². The Kier molecular flexibility index (Phi) is 30.0. The summed E-state index contributed by atoms with van der Waals surface area (Å²) in [5.41, 5.74) is 0.